The maximum atomic E-state index is 11.8. The topological polar surface area (TPSA) is 47.6 Å². The van der Waals surface area contributed by atoms with Crippen LogP contribution in [0.5, 0.6) is 5.75 Å². The van der Waals surface area contributed by atoms with Crippen molar-refractivity contribution < 1.29 is 14.3 Å². The molecule has 0 aliphatic heterocycles. The summed E-state index contributed by atoms with van der Waals surface area (Å²) in [5.74, 6) is 0.513. The number of hydrogen-bond acceptors (Lipinski definition) is 4. The van der Waals surface area contributed by atoms with Crippen LogP contribution < -0.4 is 10.1 Å². The van der Waals surface area contributed by atoms with E-state index in [1.807, 2.05) is 43.3 Å². The van der Waals surface area contributed by atoms with E-state index in [2.05, 4.69) is 21.2 Å². The Bertz CT molecular complexity index is 656. The average molecular weight is 378 g/mol. The fourth-order valence-electron chi connectivity index (χ4n) is 2.07. The van der Waals surface area contributed by atoms with Crippen LogP contribution in [0.2, 0.25) is 0 Å². The molecule has 0 radical (unpaired) electrons. The fraction of sp³-hybridized carbons (Fsp3) is 0.278. The van der Waals surface area contributed by atoms with Crippen LogP contribution in [0.25, 0.3) is 0 Å². The zero-order valence-electron chi connectivity index (χ0n) is 13.3. The summed E-state index contributed by atoms with van der Waals surface area (Å²) in [6, 6.07) is 13.5. The SMILES string of the molecule is COC(=O)c1cc(Br)ccc1NCCCOc1ccc(C)cc1. The number of anilines is 1. The Kier molecular flexibility index (Phi) is 6.47. The van der Waals surface area contributed by atoms with E-state index in [-0.39, 0.29) is 5.97 Å². The molecule has 2 aromatic carbocycles. The lowest BCUT2D eigenvalue weighted by Gasteiger charge is -2.12. The second kappa shape index (κ2) is 8.58. The summed E-state index contributed by atoms with van der Waals surface area (Å²) in [5, 5.41) is 3.25. The van der Waals surface area contributed by atoms with Crippen LogP contribution >= 0.6 is 15.9 Å². The predicted molar refractivity (Wildman–Crippen MR) is 95.3 cm³/mol. The van der Waals surface area contributed by atoms with Gasteiger partial charge >= 0.3 is 5.97 Å². The van der Waals surface area contributed by atoms with Crippen molar-refractivity contribution >= 4 is 27.6 Å². The normalized spacial score (nSPS) is 10.2. The third-order valence-electron chi connectivity index (χ3n) is 3.31. The van der Waals surface area contributed by atoms with Gasteiger partial charge in [-0.1, -0.05) is 33.6 Å². The van der Waals surface area contributed by atoms with Gasteiger partial charge in [-0.25, -0.2) is 4.79 Å². The molecule has 0 amide bonds. The van der Waals surface area contributed by atoms with Gasteiger partial charge in [0.1, 0.15) is 5.75 Å². The minimum absolute atomic E-state index is 0.357. The number of rotatable bonds is 7. The third-order valence-corrected chi connectivity index (χ3v) is 3.81. The highest BCUT2D eigenvalue weighted by atomic mass is 79.9. The summed E-state index contributed by atoms with van der Waals surface area (Å²) in [6.07, 6.45) is 0.824. The smallest absolute Gasteiger partial charge is 0.340 e. The first-order valence-electron chi connectivity index (χ1n) is 7.41. The molecule has 2 rings (SSSR count). The van der Waals surface area contributed by atoms with Crippen LogP contribution in [0.1, 0.15) is 22.3 Å². The lowest BCUT2D eigenvalue weighted by molar-refractivity contribution is 0.0601. The van der Waals surface area contributed by atoms with Gasteiger partial charge in [0, 0.05) is 16.7 Å². The van der Waals surface area contributed by atoms with E-state index >= 15 is 0 Å². The molecule has 0 fully saturated rings. The number of nitrogens with one attached hydrogen (secondary N) is 1. The molecule has 122 valence electrons. The van der Waals surface area contributed by atoms with Crippen LogP contribution in [0.3, 0.4) is 0 Å². The lowest BCUT2D eigenvalue weighted by atomic mass is 10.2. The molecule has 4 nitrogen and oxygen atoms in total. The number of ether oxygens (including phenoxy) is 2. The first kappa shape index (κ1) is 17.3. The second-order valence-corrected chi connectivity index (χ2v) is 6.04. The van der Waals surface area contributed by atoms with E-state index in [0.717, 1.165) is 22.3 Å². The molecule has 0 aromatic heterocycles. The molecule has 0 heterocycles. The first-order valence-corrected chi connectivity index (χ1v) is 8.20. The molecule has 0 unspecified atom stereocenters. The molecule has 0 aliphatic carbocycles. The van der Waals surface area contributed by atoms with Crippen molar-refractivity contribution in [3.63, 3.8) is 0 Å². The van der Waals surface area contributed by atoms with Gasteiger partial charge in [-0.2, -0.15) is 0 Å². The maximum absolute atomic E-state index is 11.8. The van der Waals surface area contributed by atoms with Crippen LogP contribution in [0, 0.1) is 6.92 Å². The van der Waals surface area contributed by atoms with Gasteiger partial charge in [-0.05, 0) is 43.7 Å². The van der Waals surface area contributed by atoms with Crippen molar-refractivity contribution in [2.45, 2.75) is 13.3 Å². The van der Waals surface area contributed by atoms with Crippen molar-refractivity contribution in [3.8, 4) is 5.75 Å². The highest BCUT2D eigenvalue weighted by molar-refractivity contribution is 9.10. The van der Waals surface area contributed by atoms with E-state index in [4.69, 9.17) is 9.47 Å². The Morgan fingerprint density at radius 1 is 1.17 bits per heavy atom. The molecule has 1 N–H and O–H groups in total. The highest BCUT2D eigenvalue weighted by Gasteiger charge is 2.11. The average Bonchev–Trinajstić information content (AvgIpc) is 2.56. The number of esters is 1. The van der Waals surface area contributed by atoms with Gasteiger partial charge < -0.3 is 14.8 Å². The Morgan fingerprint density at radius 2 is 1.91 bits per heavy atom. The van der Waals surface area contributed by atoms with Crippen molar-refractivity contribution in [2.75, 3.05) is 25.6 Å². The molecule has 5 heteroatoms. The van der Waals surface area contributed by atoms with Crippen LogP contribution in [0.4, 0.5) is 5.69 Å². The molecule has 0 atom stereocenters. The monoisotopic (exact) mass is 377 g/mol. The Hall–Kier alpha value is -2.01. The highest BCUT2D eigenvalue weighted by Crippen LogP contribution is 2.22. The van der Waals surface area contributed by atoms with Gasteiger partial charge in [-0.3, -0.25) is 0 Å². The fourth-order valence-corrected chi connectivity index (χ4v) is 2.43. The van der Waals surface area contributed by atoms with E-state index in [0.29, 0.717) is 18.7 Å². The van der Waals surface area contributed by atoms with Gasteiger partial charge in [0.15, 0.2) is 0 Å². The molecule has 0 bridgehead atoms. The summed E-state index contributed by atoms with van der Waals surface area (Å²) in [5.41, 5.74) is 2.49. The number of carbonyl (C=O) groups is 1. The van der Waals surface area contributed by atoms with Crippen molar-refractivity contribution in [1.29, 1.82) is 0 Å². The number of halogens is 1. The molecule has 0 spiro atoms. The number of benzene rings is 2. The molecular formula is C18H20BrNO3. The van der Waals surface area contributed by atoms with Gasteiger partial charge in [-0.15, -0.1) is 0 Å². The van der Waals surface area contributed by atoms with Gasteiger partial charge in [0.25, 0.3) is 0 Å². The Balaban J connectivity index is 1.82. The van der Waals surface area contributed by atoms with E-state index in [1.54, 1.807) is 6.07 Å². The molecule has 2 aromatic rings. The Morgan fingerprint density at radius 3 is 2.61 bits per heavy atom. The van der Waals surface area contributed by atoms with Gasteiger partial charge in [0.05, 0.1) is 19.3 Å². The zero-order valence-corrected chi connectivity index (χ0v) is 14.9. The second-order valence-electron chi connectivity index (χ2n) is 5.12. The van der Waals surface area contributed by atoms with E-state index in [1.165, 1.54) is 12.7 Å². The quantitative estimate of drug-likeness (QED) is 0.572. The molecule has 0 saturated heterocycles. The van der Waals surface area contributed by atoms with Crippen LogP contribution in [0.15, 0.2) is 46.9 Å². The number of aryl methyl sites for hydroxylation is 1. The number of carbonyl (C=O) groups excluding carboxylic acids is 1. The number of hydrogen-bond donors (Lipinski definition) is 1. The predicted octanol–water partition coefficient (Wildman–Crippen LogP) is 4.43. The molecule has 23 heavy (non-hydrogen) atoms. The summed E-state index contributed by atoms with van der Waals surface area (Å²) in [6.45, 7) is 3.36. The van der Waals surface area contributed by atoms with Crippen LogP contribution in [-0.4, -0.2) is 26.2 Å². The minimum atomic E-state index is -0.357. The molecule has 0 aliphatic rings. The Labute approximate surface area is 144 Å². The molecule has 0 saturated carbocycles. The van der Waals surface area contributed by atoms with Gasteiger partial charge in [0.2, 0.25) is 0 Å². The molecular weight excluding hydrogens is 358 g/mol. The van der Waals surface area contributed by atoms with Crippen molar-refractivity contribution in [1.82, 2.24) is 0 Å². The number of methoxy groups -OCH3 is 1. The summed E-state index contributed by atoms with van der Waals surface area (Å²) >= 11 is 3.36. The van der Waals surface area contributed by atoms with Crippen molar-refractivity contribution in [2.24, 2.45) is 0 Å². The zero-order chi connectivity index (χ0) is 16.7. The lowest BCUT2D eigenvalue weighted by Crippen LogP contribution is -2.11. The van der Waals surface area contributed by atoms with Crippen molar-refractivity contribution in [3.05, 3.63) is 58.1 Å². The van der Waals surface area contributed by atoms with E-state index < -0.39 is 0 Å². The summed E-state index contributed by atoms with van der Waals surface area (Å²) in [7, 11) is 1.38. The maximum Gasteiger partial charge on any atom is 0.340 e. The third kappa shape index (κ3) is 5.28. The summed E-state index contributed by atoms with van der Waals surface area (Å²) in [4.78, 5) is 11.8. The first-order chi connectivity index (χ1) is 11.1. The van der Waals surface area contributed by atoms with Crippen LogP contribution in [-0.2, 0) is 4.74 Å². The minimum Gasteiger partial charge on any atom is -0.494 e. The summed E-state index contributed by atoms with van der Waals surface area (Å²) < 4.78 is 11.3. The largest absolute Gasteiger partial charge is 0.494 e. The van der Waals surface area contributed by atoms with E-state index in [9.17, 15) is 4.79 Å². The standard InChI is InChI=1S/C18H20BrNO3/c1-13-4-7-15(8-5-13)23-11-3-10-20-17-9-6-14(19)12-16(17)18(21)22-2/h4-9,12,20H,3,10-11H2,1-2H3.